The van der Waals surface area contributed by atoms with Crippen LogP contribution in [0.2, 0.25) is 0 Å². The second-order valence-electron chi connectivity index (χ2n) is 5.32. The first kappa shape index (κ1) is 14.3. The summed E-state index contributed by atoms with van der Waals surface area (Å²) >= 11 is 0. The van der Waals surface area contributed by atoms with Gasteiger partial charge in [0.1, 0.15) is 0 Å². The Balaban J connectivity index is 1.80. The molecule has 2 rings (SSSR count). The molecule has 1 aliphatic rings. The van der Waals surface area contributed by atoms with Crippen molar-refractivity contribution in [1.82, 2.24) is 9.80 Å². The third-order valence-electron chi connectivity index (χ3n) is 3.62. The Morgan fingerprint density at radius 1 is 1.37 bits per heavy atom. The van der Waals surface area contributed by atoms with Crippen LogP contribution in [0.1, 0.15) is 12.5 Å². The molecular weight excluding hydrogens is 238 g/mol. The molecule has 106 valence electrons. The topological polar surface area (TPSA) is 41.7 Å². The van der Waals surface area contributed by atoms with Crippen LogP contribution < -0.4 is 5.73 Å². The number of nitrogens with two attached hydrogens (primary N) is 1. The molecule has 0 spiro atoms. The number of anilines is 1. The average molecular weight is 263 g/mol. The molecule has 1 aliphatic heterocycles. The highest BCUT2D eigenvalue weighted by molar-refractivity contribution is 5.39. The Morgan fingerprint density at radius 2 is 2.11 bits per heavy atom. The first-order valence-corrected chi connectivity index (χ1v) is 7.04. The van der Waals surface area contributed by atoms with E-state index in [-0.39, 0.29) is 0 Å². The van der Waals surface area contributed by atoms with Crippen molar-refractivity contribution in [2.45, 2.75) is 19.6 Å². The highest BCUT2D eigenvalue weighted by atomic mass is 16.5. The standard InChI is InChI=1S/C15H25N3O/c1-3-18-8-9-19-15(12-18)11-17(2)10-13-4-6-14(16)7-5-13/h4-7,15H,3,8-12,16H2,1-2H3. The van der Waals surface area contributed by atoms with Crippen LogP contribution >= 0.6 is 0 Å². The lowest BCUT2D eigenvalue weighted by Crippen LogP contribution is -2.46. The molecule has 4 nitrogen and oxygen atoms in total. The Kier molecular flexibility index (Phi) is 5.19. The number of nitrogens with zero attached hydrogens (tertiary/aromatic N) is 2. The highest BCUT2D eigenvalue weighted by Crippen LogP contribution is 2.10. The van der Waals surface area contributed by atoms with Gasteiger partial charge in [-0.2, -0.15) is 0 Å². The van der Waals surface area contributed by atoms with Crippen molar-refractivity contribution in [2.24, 2.45) is 0 Å². The van der Waals surface area contributed by atoms with Crippen LogP contribution in [-0.2, 0) is 11.3 Å². The van der Waals surface area contributed by atoms with Gasteiger partial charge in [-0.25, -0.2) is 0 Å². The zero-order valence-electron chi connectivity index (χ0n) is 12.0. The maximum atomic E-state index is 5.83. The first-order chi connectivity index (χ1) is 9.17. The molecule has 1 heterocycles. The molecule has 1 unspecified atom stereocenters. The molecule has 1 saturated heterocycles. The SMILES string of the molecule is CCN1CCOC(CN(C)Cc2ccc(N)cc2)C1. The quantitative estimate of drug-likeness (QED) is 0.816. The fourth-order valence-corrected chi connectivity index (χ4v) is 2.52. The summed E-state index contributed by atoms with van der Waals surface area (Å²) in [6.45, 7) is 8.20. The highest BCUT2D eigenvalue weighted by Gasteiger charge is 2.20. The summed E-state index contributed by atoms with van der Waals surface area (Å²) in [5.74, 6) is 0. The summed E-state index contributed by atoms with van der Waals surface area (Å²) in [6.07, 6.45) is 0.326. The summed E-state index contributed by atoms with van der Waals surface area (Å²) in [5, 5.41) is 0. The lowest BCUT2D eigenvalue weighted by atomic mass is 10.2. The second kappa shape index (κ2) is 6.89. The van der Waals surface area contributed by atoms with E-state index in [1.165, 1.54) is 5.56 Å². The molecule has 0 amide bonds. The van der Waals surface area contributed by atoms with Gasteiger partial charge in [0, 0.05) is 31.9 Å². The maximum Gasteiger partial charge on any atom is 0.0829 e. The van der Waals surface area contributed by atoms with Crippen LogP contribution in [0.4, 0.5) is 5.69 Å². The number of morpholine rings is 1. The van der Waals surface area contributed by atoms with Crippen molar-refractivity contribution in [2.75, 3.05) is 45.6 Å². The molecule has 19 heavy (non-hydrogen) atoms. The summed E-state index contributed by atoms with van der Waals surface area (Å²) in [7, 11) is 2.14. The molecule has 1 aromatic carbocycles. The minimum Gasteiger partial charge on any atom is -0.399 e. The van der Waals surface area contributed by atoms with Gasteiger partial charge in [0.15, 0.2) is 0 Å². The molecule has 0 radical (unpaired) electrons. The maximum absolute atomic E-state index is 5.83. The molecule has 4 heteroatoms. The molecule has 0 saturated carbocycles. The fraction of sp³-hybridized carbons (Fsp3) is 0.600. The Morgan fingerprint density at radius 3 is 2.79 bits per heavy atom. The Hall–Kier alpha value is -1.10. The van der Waals surface area contributed by atoms with Crippen LogP contribution in [0.25, 0.3) is 0 Å². The van der Waals surface area contributed by atoms with E-state index in [1.807, 2.05) is 12.1 Å². The van der Waals surface area contributed by atoms with Gasteiger partial charge in [-0.3, -0.25) is 9.80 Å². The fourth-order valence-electron chi connectivity index (χ4n) is 2.52. The lowest BCUT2D eigenvalue weighted by Gasteiger charge is -2.34. The number of likely N-dealkylation sites (N-methyl/N-ethyl adjacent to an activating group) is 2. The predicted octanol–water partition coefficient (Wildman–Crippen LogP) is 1.42. The second-order valence-corrected chi connectivity index (χ2v) is 5.32. The van der Waals surface area contributed by atoms with Gasteiger partial charge in [0.05, 0.1) is 12.7 Å². The molecular formula is C15H25N3O. The summed E-state index contributed by atoms with van der Waals surface area (Å²) in [4.78, 5) is 4.76. The molecule has 1 fully saturated rings. The van der Waals surface area contributed by atoms with Crippen LogP contribution in [-0.4, -0.2) is 55.7 Å². The van der Waals surface area contributed by atoms with E-state index in [2.05, 4.69) is 35.9 Å². The number of rotatable bonds is 5. The summed E-state index contributed by atoms with van der Waals surface area (Å²) in [6, 6.07) is 8.09. The van der Waals surface area contributed by atoms with E-state index in [1.54, 1.807) is 0 Å². The van der Waals surface area contributed by atoms with Gasteiger partial charge in [-0.05, 0) is 31.3 Å². The molecule has 1 aromatic rings. The van der Waals surface area contributed by atoms with E-state index in [0.29, 0.717) is 6.10 Å². The number of benzene rings is 1. The lowest BCUT2D eigenvalue weighted by molar-refractivity contribution is -0.0397. The third-order valence-corrected chi connectivity index (χ3v) is 3.62. The van der Waals surface area contributed by atoms with Crippen molar-refractivity contribution in [3.8, 4) is 0 Å². The van der Waals surface area contributed by atoms with Gasteiger partial charge >= 0.3 is 0 Å². The first-order valence-electron chi connectivity index (χ1n) is 7.04. The van der Waals surface area contributed by atoms with Crippen LogP contribution in [0.5, 0.6) is 0 Å². The van der Waals surface area contributed by atoms with Crippen molar-refractivity contribution >= 4 is 5.69 Å². The number of ether oxygens (including phenoxy) is 1. The van der Waals surface area contributed by atoms with Crippen LogP contribution in [0.3, 0.4) is 0 Å². The van der Waals surface area contributed by atoms with E-state index >= 15 is 0 Å². The van der Waals surface area contributed by atoms with Gasteiger partial charge < -0.3 is 10.5 Å². The zero-order chi connectivity index (χ0) is 13.7. The molecule has 0 aliphatic carbocycles. The minimum absolute atomic E-state index is 0.326. The van der Waals surface area contributed by atoms with Gasteiger partial charge in [-0.1, -0.05) is 19.1 Å². The van der Waals surface area contributed by atoms with Crippen molar-refractivity contribution in [3.63, 3.8) is 0 Å². The van der Waals surface area contributed by atoms with E-state index in [4.69, 9.17) is 10.5 Å². The number of nitrogen functional groups attached to an aromatic ring is 1. The van der Waals surface area contributed by atoms with Crippen molar-refractivity contribution in [1.29, 1.82) is 0 Å². The summed E-state index contributed by atoms with van der Waals surface area (Å²) in [5.41, 5.74) is 7.81. The van der Waals surface area contributed by atoms with E-state index in [9.17, 15) is 0 Å². The largest absolute Gasteiger partial charge is 0.399 e. The van der Waals surface area contributed by atoms with Gasteiger partial charge in [0.2, 0.25) is 0 Å². The molecule has 1 atom stereocenters. The molecule has 0 bridgehead atoms. The normalized spacial score (nSPS) is 20.9. The number of hydrogen-bond donors (Lipinski definition) is 1. The Bertz CT molecular complexity index is 379. The van der Waals surface area contributed by atoms with Crippen molar-refractivity contribution < 1.29 is 4.74 Å². The minimum atomic E-state index is 0.326. The zero-order valence-corrected chi connectivity index (χ0v) is 12.0. The Labute approximate surface area is 116 Å². The monoisotopic (exact) mass is 263 g/mol. The molecule has 2 N–H and O–H groups in total. The van der Waals surface area contributed by atoms with E-state index in [0.717, 1.165) is 45.0 Å². The van der Waals surface area contributed by atoms with Crippen LogP contribution in [0, 0.1) is 0 Å². The van der Waals surface area contributed by atoms with E-state index < -0.39 is 0 Å². The van der Waals surface area contributed by atoms with Crippen molar-refractivity contribution in [3.05, 3.63) is 29.8 Å². The average Bonchev–Trinajstić information content (AvgIpc) is 2.41. The van der Waals surface area contributed by atoms with Gasteiger partial charge in [0.25, 0.3) is 0 Å². The van der Waals surface area contributed by atoms with Crippen LogP contribution in [0.15, 0.2) is 24.3 Å². The third kappa shape index (κ3) is 4.49. The summed E-state index contributed by atoms with van der Waals surface area (Å²) < 4.78 is 5.83. The predicted molar refractivity (Wildman–Crippen MR) is 79.0 cm³/mol. The van der Waals surface area contributed by atoms with Gasteiger partial charge in [-0.15, -0.1) is 0 Å². The smallest absolute Gasteiger partial charge is 0.0829 e. The molecule has 0 aromatic heterocycles. The number of hydrogen-bond acceptors (Lipinski definition) is 4.